The maximum atomic E-state index is 13.2. The van der Waals surface area contributed by atoms with Crippen LogP contribution in [0.5, 0.6) is 28.7 Å². The summed E-state index contributed by atoms with van der Waals surface area (Å²) in [6.07, 6.45) is 1.27. The normalized spacial score (nSPS) is 11.0. The van der Waals surface area contributed by atoms with Crippen molar-refractivity contribution < 1.29 is 88.2 Å². The van der Waals surface area contributed by atoms with Gasteiger partial charge in [-0.15, -0.1) is 0 Å². The van der Waals surface area contributed by atoms with E-state index in [1.165, 1.54) is 79.9 Å². The van der Waals surface area contributed by atoms with Crippen LogP contribution in [0.15, 0.2) is 103 Å². The van der Waals surface area contributed by atoms with Crippen molar-refractivity contribution in [1.82, 2.24) is 5.32 Å². The molecule has 0 radical (unpaired) electrons. The molecule has 0 fully saturated rings. The fourth-order valence-corrected chi connectivity index (χ4v) is 5.78. The number of amides is 5. The van der Waals surface area contributed by atoms with Gasteiger partial charge in [0.2, 0.25) is 5.91 Å². The fraction of sp³-hybridized carbons (Fsp3) is 0.114. The summed E-state index contributed by atoms with van der Waals surface area (Å²) >= 11 is 0. The Morgan fingerprint density at radius 2 is 1.16 bits per heavy atom. The minimum Gasteiger partial charge on any atom is -0.545 e. The Bertz CT molecular complexity index is 2630. The summed E-state index contributed by atoms with van der Waals surface area (Å²) in [5.74, 6) is -7.02. The molecule has 0 aliphatic rings. The summed E-state index contributed by atoms with van der Waals surface area (Å²) < 4.78 is 10.3. The number of nitriles is 1. The van der Waals surface area contributed by atoms with Crippen molar-refractivity contribution in [2.75, 3.05) is 35.5 Å². The molecule has 0 saturated heterocycles. The number of phenols is 3. The smallest absolute Gasteiger partial charge is 0.545 e. The number of carbonyl (C=O) groups excluding carboxylic acids is 6. The van der Waals surface area contributed by atoms with Gasteiger partial charge in [-0.1, -0.05) is 12.1 Å². The van der Waals surface area contributed by atoms with Crippen molar-refractivity contribution in [3.63, 3.8) is 0 Å². The van der Waals surface area contributed by atoms with Crippen LogP contribution in [0.4, 0.5) is 22.7 Å². The van der Waals surface area contributed by atoms with E-state index in [-0.39, 0.29) is 92.9 Å². The molecule has 1 atom stereocenters. The Kier molecular flexibility index (Phi) is 16.4. The Hall–Kier alpha value is -7.85. The molecule has 5 amide bonds. The number of phenolic OH excluding ortho intramolecular Hbond substituents is 2. The number of rotatable bonds is 15. The van der Waals surface area contributed by atoms with Gasteiger partial charge in [0.05, 0.1) is 49.6 Å². The van der Waals surface area contributed by atoms with Crippen molar-refractivity contribution in [1.29, 1.82) is 5.26 Å². The predicted molar refractivity (Wildman–Crippen MR) is 223 cm³/mol. The molecule has 0 aromatic heterocycles. The van der Waals surface area contributed by atoms with Crippen molar-refractivity contribution in [3.05, 3.63) is 130 Å². The molecule has 0 unspecified atom stereocenters. The number of aromatic hydroxyl groups is 3. The number of benzene rings is 5. The molecule has 0 heterocycles. The minimum absolute atomic E-state index is 0. The topological polar surface area (TPSA) is 289 Å². The van der Waals surface area contributed by atoms with Gasteiger partial charge in [-0.2, -0.15) is 5.26 Å². The first-order valence-electron chi connectivity index (χ1n) is 18.3. The van der Waals surface area contributed by atoms with Gasteiger partial charge >= 0.3 is 29.6 Å². The van der Waals surface area contributed by atoms with Gasteiger partial charge in [-0.05, 0) is 103 Å². The molecule has 0 bridgehead atoms. The molecule has 0 aliphatic carbocycles. The van der Waals surface area contributed by atoms with E-state index in [4.69, 9.17) is 9.47 Å². The predicted octanol–water partition coefficient (Wildman–Crippen LogP) is 1.39. The van der Waals surface area contributed by atoms with E-state index < -0.39 is 52.7 Å². The molecule has 5 aromatic rings. The van der Waals surface area contributed by atoms with Crippen LogP contribution < -0.4 is 70.7 Å². The third-order valence-electron chi connectivity index (χ3n) is 9.00. The zero-order valence-corrected chi connectivity index (χ0v) is 36.1. The standard InChI is InChI=1S/C44H38N6O12.Na/c1-23(22-24-4-14-29(51)15-5-24)39(54)46-27-10-6-26(7-11-27)41(56)50-34(20-21-45)43(58)47-28-12-8-25(9-13-28)40(55)48-32-18-16-30(35(52)37(32)61-2)42(57)49-33-19-17-31(44(59)60)36(53)38(33)62-3;/h4-19,22,34,51-53H,20H2,1-3H3,(H,46,54)(H,47,58)(H,48,55)(H,49,57)(H,50,56)(H,59,60);/q;+1/p-1/b23-22+;/t34-;/m0./s1. The first-order chi connectivity index (χ1) is 29.6. The van der Waals surface area contributed by atoms with Crippen LogP contribution >= 0.6 is 0 Å². The van der Waals surface area contributed by atoms with E-state index in [2.05, 4.69) is 26.6 Å². The van der Waals surface area contributed by atoms with Crippen LogP contribution in [-0.4, -0.2) is 71.1 Å². The van der Waals surface area contributed by atoms with Crippen molar-refractivity contribution in [2.24, 2.45) is 0 Å². The van der Waals surface area contributed by atoms with E-state index in [1.54, 1.807) is 25.1 Å². The zero-order valence-electron chi connectivity index (χ0n) is 34.1. The average Bonchev–Trinajstić information content (AvgIpc) is 3.24. The van der Waals surface area contributed by atoms with Gasteiger partial charge in [0.1, 0.15) is 11.8 Å². The second-order valence-corrected chi connectivity index (χ2v) is 13.2. The first kappa shape index (κ1) is 47.8. The molecular weight excluding hydrogens is 828 g/mol. The summed E-state index contributed by atoms with van der Waals surface area (Å²) in [7, 11) is 2.32. The minimum atomic E-state index is -1.68. The van der Waals surface area contributed by atoms with Crippen LogP contribution in [0, 0.1) is 11.3 Å². The van der Waals surface area contributed by atoms with Crippen molar-refractivity contribution in [3.8, 4) is 34.8 Å². The second-order valence-electron chi connectivity index (χ2n) is 13.2. The van der Waals surface area contributed by atoms with Gasteiger partial charge in [0.25, 0.3) is 23.6 Å². The maximum Gasteiger partial charge on any atom is 1.00 e. The number of methoxy groups -OCH3 is 2. The average molecular weight is 865 g/mol. The number of hydrogen-bond acceptors (Lipinski definition) is 13. The number of hydrogen-bond donors (Lipinski definition) is 8. The molecule has 0 saturated carbocycles. The molecule has 0 spiro atoms. The molecule has 63 heavy (non-hydrogen) atoms. The molecule has 5 aromatic carbocycles. The SMILES string of the molecule is COc1c(NC(=O)c2ccc(NC(=O)c3ccc(NC(=O)[C@H](CC#N)NC(=O)c4ccc(NC(=O)/C(C)=C/c5ccc(O)cc5)cc4)cc3)c(OC)c2O)ccc(C(=O)[O-])c1O.[Na+]. The zero-order chi connectivity index (χ0) is 45.1. The number of nitrogens with zero attached hydrogens (tertiary/aromatic N) is 1. The summed E-state index contributed by atoms with van der Waals surface area (Å²) in [4.78, 5) is 76.4. The van der Waals surface area contributed by atoms with Gasteiger partial charge in [-0.3, -0.25) is 24.0 Å². The van der Waals surface area contributed by atoms with Crippen LogP contribution in [0.2, 0.25) is 0 Å². The Morgan fingerprint density at radius 1 is 0.667 bits per heavy atom. The summed E-state index contributed by atoms with van der Waals surface area (Å²) in [6, 6.07) is 22.9. The van der Waals surface area contributed by atoms with E-state index in [0.29, 0.717) is 16.8 Å². The molecule has 5 rings (SSSR count). The summed E-state index contributed by atoms with van der Waals surface area (Å²) in [5.41, 5.74) is 0.940. The Balaban J connectivity index is 0.00000871. The third-order valence-corrected chi connectivity index (χ3v) is 9.00. The van der Waals surface area contributed by atoms with Gasteiger partial charge in [0.15, 0.2) is 23.0 Å². The third kappa shape index (κ3) is 11.9. The van der Waals surface area contributed by atoms with Gasteiger partial charge in [0, 0.05) is 33.6 Å². The second kappa shape index (κ2) is 21.6. The Morgan fingerprint density at radius 3 is 1.68 bits per heavy atom. The number of carboxylic acids is 1. The van der Waals surface area contributed by atoms with E-state index in [9.17, 15) is 54.5 Å². The van der Waals surface area contributed by atoms with Gasteiger partial charge in [-0.25, -0.2) is 0 Å². The number of ether oxygens (including phenoxy) is 2. The van der Waals surface area contributed by atoms with Crippen molar-refractivity contribution in [2.45, 2.75) is 19.4 Å². The molecule has 0 aliphatic heterocycles. The quantitative estimate of drug-likeness (QED) is 0.0546. The molecule has 8 N–H and O–H groups in total. The van der Waals surface area contributed by atoms with E-state index in [1.807, 2.05) is 6.07 Å². The largest absolute Gasteiger partial charge is 1.00 e. The molecule has 316 valence electrons. The number of carbonyl (C=O) groups is 6. The first-order valence-corrected chi connectivity index (χ1v) is 18.3. The fourth-order valence-electron chi connectivity index (χ4n) is 5.78. The van der Waals surface area contributed by atoms with Crippen LogP contribution in [-0.2, 0) is 9.59 Å². The van der Waals surface area contributed by atoms with Crippen LogP contribution in [0.1, 0.15) is 60.3 Å². The number of anilines is 4. The monoisotopic (exact) mass is 864 g/mol. The Labute approximate surface area is 381 Å². The summed E-state index contributed by atoms with van der Waals surface area (Å²) in [6.45, 7) is 1.62. The number of aromatic carboxylic acids is 1. The summed E-state index contributed by atoms with van der Waals surface area (Å²) in [5, 5.41) is 64.0. The van der Waals surface area contributed by atoms with E-state index in [0.717, 1.165) is 19.2 Å². The maximum absolute atomic E-state index is 13.2. The molecular formula is C44H37N6NaO12. The van der Waals surface area contributed by atoms with Crippen LogP contribution in [0.25, 0.3) is 6.08 Å². The van der Waals surface area contributed by atoms with Gasteiger partial charge < -0.3 is 61.3 Å². The number of carboxylic acid groups (broad SMARTS) is 1. The van der Waals surface area contributed by atoms with Crippen molar-refractivity contribution >= 4 is 64.3 Å². The van der Waals surface area contributed by atoms with Crippen LogP contribution in [0.3, 0.4) is 0 Å². The number of nitrogens with one attached hydrogen (secondary N) is 5. The molecule has 18 nitrogen and oxygen atoms in total. The van der Waals surface area contributed by atoms with E-state index >= 15 is 0 Å². The molecule has 19 heteroatoms.